The Balaban J connectivity index is 1.42. The number of fused-ring (bicyclic) bond motifs is 1. The molecule has 5 rings (SSSR count). The highest BCUT2D eigenvalue weighted by Crippen LogP contribution is 2.33. The Morgan fingerprint density at radius 2 is 1.63 bits per heavy atom. The van der Waals surface area contributed by atoms with Gasteiger partial charge < -0.3 is 13.8 Å². The minimum atomic E-state index is 0.412. The van der Waals surface area contributed by atoms with Crippen LogP contribution >= 0.6 is 0 Å². The lowest BCUT2D eigenvalue weighted by Crippen LogP contribution is -2.16. The molecule has 0 bridgehead atoms. The Kier molecular flexibility index (Phi) is 4.52. The maximum absolute atomic E-state index is 5.99. The minimum absolute atomic E-state index is 0.412. The first kappa shape index (κ1) is 18.1. The molecule has 0 aliphatic heterocycles. The molecule has 3 aromatic carbocycles. The van der Waals surface area contributed by atoms with Gasteiger partial charge in [0.25, 0.3) is 5.89 Å². The zero-order chi connectivity index (χ0) is 20.5. The fourth-order valence-electron chi connectivity index (χ4n) is 3.54. The molecule has 0 aliphatic rings. The second-order valence-corrected chi connectivity index (χ2v) is 7.22. The highest BCUT2D eigenvalue weighted by molar-refractivity contribution is 5.85. The Bertz CT molecular complexity index is 1310. The molecule has 0 spiro atoms. The number of anilines is 1. The van der Waals surface area contributed by atoms with Crippen molar-refractivity contribution in [1.82, 2.24) is 15.4 Å². The first-order valence-electron chi connectivity index (χ1n) is 9.73. The Morgan fingerprint density at radius 3 is 2.47 bits per heavy atom. The molecular weight excluding hydrogens is 376 g/mol. The highest BCUT2D eigenvalue weighted by Gasteiger charge is 2.22. The van der Waals surface area contributed by atoms with E-state index in [4.69, 9.17) is 8.94 Å². The standard InChI is InChI=1S/C24H20N4O2/c1-16-22(23(27-30-16)18-9-4-3-5-10-18)24-26-25-21(29-24)15-28(2)20-13-12-17-8-6-7-11-19(17)14-20/h3-14H,15H2,1-2H3. The Labute approximate surface area is 173 Å². The summed E-state index contributed by atoms with van der Waals surface area (Å²) in [6, 6.07) is 24.5. The van der Waals surface area contributed by atoms with Gasteiger partial charge in [0.2, 0.25) is 5.89 Å². The van der Waals surface area contributed by atoms with Gasteiger partial charge in [-0.1, -0.05) is 65.8 Å². The van der Waals surface area contributed by atoms with Crippen molar-refractivity contribution in [2.45, 2.75) is 13.5 Å². The van der Waals surface area contributed by atoms with Crippen LogP contribution < -0.4 is 4.90 Å². The number of hydrogen-bond donors (Lipinski definition) is 0. The van der Waals surface area contributed by atoms with E-state index in [1.54, 1.807) is 0 Å². The predicted molar refractivity (Wildman–Crippen MR) is 116 cm³/mol. The molecule has 0 N–H and O–H groups in total. The van der Waals surface area contributed by atoms with E-state index in [0.29, 0.717) is 29.8 Å². The summed E-state index contributed by atoms with van der Waals surface area (Å²) < 4.78 is 11.4. The van der Waals surface area contributed by atoms with Crippen LogP contribution in [-0.4, -0.2) is 22.4 Å². The summed E-state index contributed by atoms with van der Waals surface area (Å²) in [5.74, 6) is 1.58. The summed E-state index contributed by atoms with van der Waals surface area (Å²) in [5.41, 5.74) is 3.46. The van der Waals surface area contributed by atoms with Gasteiger partial charge in [-0.2, -0.15) is 0 Å². The molecule has 0 amide bonds. The number of hydrogen-bond acceptors (Lipinski definition) is 6. The van der Waals surface area contributed by atoms with E-state index in [1.165, 1.54) is 10.8 Å². The third kappa shape index (κ3) is 3.33. The SMILES string of the molecule is Cc1onc(-c2ccccc2)c1-c1nnc(CN(C)c2ccc3ccccc3c2)o1. The lowest BCUT2D eigenvalue weighted by Gasteiger charge is -2.17. The highest BCUT2D eigenvalue weighted by atomic mass is 16.5. The maximum Gasteiger partial charge on any atom is 0.253 e. The summed E-state index contributed by atoms with van der Waals surface area (Å²) in [6.07, 6.45) is 0. The number of aryl methyl sites for hydroxylation is 1. The summed E-state index contributed by atoms with van der Waals surface area (Å²) in [6.45, 7) is 2.34. The third-order valence-electron chi connectivity index (χ3n) is 5.14. The second-order valence-electron chi connectivity index (χ2n) is 7.22. The van der Waals surface area contributed by atoms with Crippen LogP contribution in [-0.2, 0) is 6.54 Å². The van der Waals surface area contributed by atoms with Gasteiger partial charge in [-0.3, -0.25) is 0 Å². The number of aromatic nitrogens is 3. The van der Waals surface area contributed by atoms with E-state index < -0.39 is 0 Å². The first-order valence-corrected chi connectivity index (χ1v) is 9.73. The quantitative estimate of drug-likeness (QED) is 0.391. The molecule has 2 heterocycles. The van der Waals surface area contributed by atoms with Crippen molar-refractivity contribution < 1.29 is 8.94 Å². The summed E-state index contributed by atoms with van der Waals surface area (Å²) in [4.78, 5) is 2.09. The average Bonchev–Trinajstić information content (AvgIpc) is 3.40. The molecule has 0 fully saturated rings. The molecule has 6 nitrogen and oxygen atoms in total. The first-order chi connectivity index (χ1) is 14.7. The van der Waals surface area contributed by atoms with Crippen molar-refractivity contribution in [3.63, 3.8) is 0 Å². The smallest absolute Gasteiger partial charge is 0.253 e. The Morgan fingerprint density at radius 1 is 0.867 bits per heavy atom. The van der Waals surface area contributed by atoms with Crippen molar-refractivity contribution in [3.05, 3.63) is 84.4 Å². The van der Waals surface area contributed by atoms with Crippen LogP contribution in [0, 0.1) is 6.92 Å². The van der Waals surface area contributed by atoms with E-state index in [1.807, 2.05) is 56.4 Å². The molecule has 6 heteroatoms. The van der Waals surface area contributed by atoms with Crippen molar-refractivity contribution >= 4 is 16.5 Å². The van der Waals surface area contributed by atoms with E-state index in [9.17, 15) is 0 Å². The normalized spacial score (nSPS) is 11.1. The molecule has 0 saturated heterocycles. The van der Waals surface area contributed by atoms with Crippen LogP contribution in [0.4, 0.5) is 5.69 Å². The number of rotatable bonds is 5. The zero-order valence-corrected chi connectivity index (χ0v) is 16.7. The molecule has 0 radical (unpaired) electrons. The molecule has 2 aromatic heterocycles. The third-order valence-corrected chi connectivity index (χ3v) is 5.14. The van der Waals surface area contributed by atoms with Crippen molar-refractivity contribution in [2.24, 2.45) is 0 Å². The summed E-state index contributed by atoms with van der Waals surface area (Å²) in [5, 5.41) is 15.1. The molecule has 30 heavy (non-hydrogen) atoms. The van der Waals surface area contributed by atoms with Crippen LogP contribution in [0.15, 0.2) is 81.7 Å². The second kappa shape index (κ2) is 7.48. The molecular formula is C24H20N4O2. The summed E-state index contributed by atoms with van der Waals surface area (Å²) >= 11 is 0. The van der Waals surface area contributed by atoms with Gasteiger partial charge in [0.15, 0.2) is 0 Å². The minimum Gasteiger partial charge on any atom is -0.419 e. The Hall–Kier alpha value is -3.93. The lowest BCUT2D eigenvalue weighted by atomic mass is 10.1. The van der Waals surface area contributed by atoms with Gasteiger partial charge >= 0.3 is 0 Å². The van der Waals surface area contributed by atoms with Gasteiger partial charge in [0.1, 0.15) is 17.0 Å². The maximum atomic E-state index is 5.99. The monoisotopic (exact) mass is 396 g/mol. The fraction of sp³-hybridized carbons (Fsp3) is 0.125. The van der Waals surface area contributed by atoms with Crippen LogP contribution in [0.2, 0.25) is 0 Å². The zero-order valence-electron chi connectivity index (χ0n) is 16.7. The molecule has 5 aromatic rings. The van der Waals surface area contributed by atoms with E-state index in [-0.39, 0.29) is 0 Å². The van der Waals surface area contributed by atoms with Gasteiger partial charge in [0.05, 0.1) is 6.54 Å². The molecule has 0 unspecified atom stereocenters. The van der Waals surface area contributed by atoms with Crippen molar-refractivity contribution in [1.29, 1.82) is 0 Å². The van der Waals surface area contributed by atoms with Crippen LogP contribution in [0.3, 0.4) is 0 Å². The van der Waals surface area contributed by atoms with Gasteiger partial charge in [-0.25, -0.2) is 0 Å². The van der Waals surface area contributed by atoms with Crippen LogP contribution in [0.5, 0.6) is 0 Å². The van der Waals surface area contributed by atoms with Crippen molar-refractivity contribution in [2.75, 3.05) is 11.9 Å². The van der Waals surface area contributed by atoms with E-state index >= 15 is 0 Å². The molecule has 148 valence electrons. The van der Waals surface area contributed by atoms with Gasteiger partial charge in [-0.15, -0.1) is 10.2 Å². The molecule has 0 aliphatic carbocycles. The fourth-order valence-corrected chi connectivity index (χ4v) is 3.54. The molecule has 0 atom stereocenters. The largest absolute Gasteiger partial charge is 0.419 e. The lowest BCUT2D eigenvalue weighted by molar-refractivity contribution is 0.399. The van der Waals surface area contributed by atoms with Crippen molar-refractivity contribution in [3.8, 4) is 22.7 Å². The van der Waals surface area contributed by atoms with Crippen LogP contribution in [0.1, 0.15) is 11.7 Å². The molecule has 0 saturated carbocycles. The summed E-state index contributed by atoms with van der Waals surface area (Å²) in [7, 11) is 2.01. The van der Waals surface area contributed by atoms with Gasteiger partial charge in [-0.05, 0) is 29.8 Å². The topological polar surface area (TPSA) is 68.2 Å². The number of nitrogens with zero attached hydrogens (tertiary/aromatic N) is 4. The van der Waals surface area contributed by atoms with Crippen LogP contribution in [0.25, 0.3) is 33.5 Å². The number of benzene rings is 3. The predicted octanol–water partition coefficient (Wildman–Crippen LogP) is 5.49. The van der Waals surface area contributed by atoms with Gasteiger partial charge in [0, 0.05) is 18.3 Å². The van der Waals surface area contributed by atoms with E-state index in [0.717, 1.165) is 16.8 Å². The average molecular weight is 396 g/mol. The van der Waals surface area contributed by atoms with E-state index in [2.05, 4.69) is 50.6 Å².